The molecule has 110 valence electrons. The van der Waals surface area contributed by atoms with Crippen LogP contribution in [0, 0.1) is 0 Å². The fraction of sp³-hybridized carbons (Fsp3) is 0.385. The van der Waals surface area contributed by atoms with E-state index < -0.39 is 18.1 Å². The van der Waals surface area contributed by atoms with Crippen LogP contribution in [0.4, 0.5) is 4.79 Å². The molecule has 1 atom stereocenters. The number of halogens is 2. The lowest BCUT2D eigenvalue weighted by Gasteiger charge is -2.17. The second kappa shape index (κ2) is 7.97. The molecule has 0 aromatic heterocycles. The molecule has 0 fully saturated rings. The van der Waals surface area contributed by atoms with Crippen molar-refractivity contribution < 1.29 is 19.1 Å². The first kappa shape index (κ1) is 16.6. The Labute approximate surface area is 127 Å². The Morgan fingerprint density at radius 1 is 1.35 bits per heavy atom. The Bertz CT molecular complexity index is 493. The predicted octanol–water partition coefficient (Wildman–Crippen LogP) is 2.82. The van der Waals surface area contributed by atoms with Crippen LogP contribution in [0.3, 0.4) is 0 Å². The molecule has 0 aliphatic heterocycles. The van der Waals surface area contributed by atoms with Crippen molar-refractivity contribution in [2.75, 3.05) is 13.7 Å². The van der Waals surface area contributed by atoms with Gasteiger partial charge < -0.3 is 14.8 Å². The van der Waals surface area contributed by atoms with Gasteiger partial charge in [0.15, 0.2) is 0 Å². The molecule has 5 nitrogen and oxygen atoms in total. The maximum Gasteiger partial charge on any atom is 0.407 e. The van der Waals surface area contributed by atoms with E-state index >= 15 is 0 Å². The van der Waals surface area contributed by atoms with E-state index in [1.165, 1.54) is 7.11 Å². The first-order valence-corrected chi connectivity index (χ1v) is 6.68. The van der Waals surface area contributed by atoms with Crippen LogP contribution in [0.2, 0.25) is 10.0 Å². The molecular formula is C13H15Cl2NO4. The molecular weight excluding hydrogens is 305 g/mol. The van der Waals surface area contributed by atoms with Crippen LogP contribution in [0.5, 0.6) is 0 Å². The minimum Gasteiger partial charge on any atom is -0.467 e. The van der Waals surface area contributed by atoms with E-state index in [1.54, 1.807) is 25.1 Å². The minimum atomic E-state index is -0.877. The van der Waals surface area contributed by atoms with Crippen LogP contribution < -0.4 is 5.32 Å². The molecule has 0 aliphatic carbocycles. The highest BCUT2D eigenvalue weighted by molar-refractivity contribution is 6.35. The van der Waals surface area contributed by atoms with Crippen LogP contribution in [-0.4, -0.2) is 31.8 Å². The van der Waals surface area contributed by atoms with Gasteiger partial charge in [-0.15, -0.1) is 0 Å². The van der Waals surface area contributed by atoms with Gasteiger partial charge in [0.05, 0.1) is 13.7 Å². The zero-order chi connectivity index (χ0) is 15.1. The van der Waals surface area contributed by atoms with Crippen molar-refractivity contribution in [1.82, 2.24) is 5.32 Å². The van der Waals surface area contributed by atoms with Crippen LogP contribution in [-0.2, 0) is 20.7 Å². The summed E-state index contributed by atoms with van der Waals surface area (Å²) >= 11 is 11.8. The minimum absolute atomic E-state index is 0.182. The number of benzene rings is 1. The van der Waals surface area contributed by atoms with Gasteiger partial charge in [-0.2, -0.15) is 0 Å². The van der Waals surface area contributed by atoms with E-state index in [4.69, 9.17) is 27.9 Å². The highest BCUT2D eigenvalue weighted by atomic mass is 35.5. The summed E-state index contributed by atoms with van der Waals surface area (Å²) in [5.41, 5.74) is 0.670. The average molecular weight is 320 g/mol. The van der Waals surface area contributed by atoms with E-state index in [2.05, 4.69) is 10.1 Å². The molecule has 0 radical (unpaired) electrons. The lowest BCUT2D eigenvalue weighted by atomic mass is 10.1. The molecule has 0 saturated carbocycles. The lowest BCUT2D eigenvalue weighted by Crippen LogP contribution is -2.43. The number of esters is 1. The van der Waals surface area contributed by atoms with Crippen molar-refractivity contribution in [3.8, 4) is 0 Å². The topological polar surface area (TPSA) is 64.6 Å². The number of hydrogen-bond donors (Lipinski definition) is 1. The van der Waals surface area contributed by atoms with E-state index in [0.717, 1.165) is 0 Å². The van der Waals surface area contributed by atoms with Crippen molar-refractivity contribution in [2.24, 2.45) is 0 Å². The molecule has 0 spiro atoms. The van der Waals surface area contributed by atoms with E-state index in [-0.39, 0.29) is 13.0 Å². The number of carbonyl (C=O) groups is 2. The predicted molar refractivity (Wildman–Crippen MR) is 76.1 cm³/mol. The van der Waals surface area contributed by atoms with Gasteiger partial charge in [-0.3, -0.25) is 0 Å². The van der Waals surface area contributed by atoms with Gasteiger partial charge in [0.1, 0.15) is 6.04 Å². The zero-order valence-electron chi connectivity index (χ0n) is 11.1. The molecule has 0 bridgehead atoms. The summed E-state index contributed by atoms with van der Waals surface area (Å²) in [5.74, 6) is -0.580. The summed E-state index contributed by atoms with van der Waals surface area (Å²) in [6.45, 7) is 1.88. The van der Waals surface area contributed by atoms with Gasteiger partial charge in [0.25, 0.3) is 0 Å². The maximum atomic E-state index is 11.7. The summed E-state index contributed by atoms with van der Waals surface area (Å²) in [7, 11) is 1.24. The first-order valence-electron chi connectivity index (χ1n) is 5.93. The van der Waals surface area contributed by atoms with Gasteiger partial charge in [0.2, 0.25) is 0 Å². The third-order valence-electron chi connectivity index (χ3n) is 2.49. The molecule has 1 aromatic rings. The molecule has 0 aliphatic rings. The lowest BCUT2D eigenvalue weighted by molar-refractivity contribution is -0.142. The molecule has 7 heteroatoms. The zero-order valence-corrected chi connectivity index (χ0v) is 12.6. The molecule has 1 N–H and O–H groups in total. The summed E-state index contributed by atoms with van der Waals surface area (Å²) in [4.78, 5) is 23.1. The Balaban J connectivity index is 2.83. The quantitative estimate of drug-likeness (QED) is 0.847. The number of methoxy groups -OCH3 is 1. The van der Waals surface area contributed by atoms with Gasteiger partial charge >= 0.3 is 12.1 Å². The van der Waals surface area contributed by atoms with Crippen molar-refractivity contribution in [3.05, 3.63) is 33.8 Å². The highest BCUT2D eigenvalue weighted by Gasteiger charge is 2.23. The SMILES string of the molecule is CCOC(=O)NC(Cc1ccc(Cl)cc1Cl)C(=O)OC. The Kier molecular flexibility index (Phi) is 6.61. The second-order valence-corrected chi connectivity index (χ2v) is 4.72. The number of amides is 1. The maximum absolute atomic E-state index is 11.7. The number of hydrogen-bond acceptors (Lipinski definition) is 4. The molecule has 1 aromatic carbocycles. The molecule has 0 saturated heterocycles. The van der Waals surface area contributed by atoms with Crippen LogP contribution >= 0.6 is 23.2 Å². The summed E-state index contributed by atoms with van der Waals surface area (Å²) in [6, 6.07) is 4.03. The second-order valence-electron chi connectivity index (χ2n) is 3.88. The molecule has 1 amide bonds. The van der Waals surface area contributed by atoms with Crippen molar-refractivity contribution >= 4 is 35.3 Å². The molecule has 20 heavy (non-hydrogen) atoms. The van der Waals surface area contributed by atoms with Crippen molar-refractivity contribution in [1.29, 1.82) is 0 Å². The number of nitrogens with one attached hydrogen (secondary N) is 1. The standard InChI is InChI=1S/C13H15Cl2NO4/c1-3-20-13(18)16-11(12(17)19-2)6-8-4-5-9(14)7-10(8)15/h4-5,7,11H,3,6H2,1-2H3,(H,16,18). The van der Waals surface area contributed by atoms with Gasteiger partial charge in [-0.25, -0.2) is 9.59 Å². The van der Waals surface area contributed by atoms with Gasteiger partial charge in [0, 0.05) is 16.5 Å². The van der Waals surface area contributed by atoms with E-state index in [0.29, 0.717) is 15.6 Å². The van der Waals surface area contributed by atoms with Crippen LogP contribution in [0.25, 0.3) is 0 Å². The van der Waals surface area contributed by atoms with Gasteiger partial charge in [-0.05, 0) is 24.6 Å². The fourth-order valence-corrected chi connectivity index (χ4v) is 2.04. The number of rotatable bonds is 5. The third kappa shape index (κ3) is 4.90. The number of carbonyl (C=O) groups excluding carboxylic acids is 2. The fourth-order valence-electron chi connectivity index (χ4n) is 1.56. The Hall–Kier alpha value is -1.46. The Morgan fingerprint density at radius 3 is 2.60 bits per heavy atom. The molecule has 0 heterocycles. The summed E-state index contributed by atoms with van der Waals surface area (Å²) in [5, 5.41) is 3.34. The van der Waals surface area contributed by atoms with Gasteiger partial charge in [-0.1, -0.05) is 29.3 Å². The van der Waals surface area contributed by atoms with Crippen LogP contribution in [0.15, 0.2) is 18.2 Å². The summed E-state index contributed by atoms with van der Waals surface area (Å²) in [6.07, 6.45) is -0.505. The van der Waals surface area contributed by atoms with Crippen LogP contribution in [0.1, 0.15) is 12.5 Å². The van der Waals surface area contributed by atoms with E-state index in [9.17, 15) is 9.59 Å². The third-order valence-corrected chi connectivity index (χ3v) is 3.08. The summed E-state index contributed by atoms with van der Waals surface area (Å²) < 4.78 is 9.39. The normalized spacial score (nSPS) is 11.6. The van der Waals surface area contributed by atoms with Crippen molar-refractivity contribution in [2.45, 2.75) is 19.4 Å². The average Bonchev–Trinajstić information content (AvgIpc) is 2.40. The Morgan fingerprint density at radius 2 is 2.05 bits per heavy atom. The highest BCUT2D eigenvalue weighted by Crippen LogP contribution is 2.22. The number of alkyl carbamates (subject to hydrolysis) is 1. The smallest absolute Gasteiger partial charge is 0.407 e. The van der Waals surface area contributed by atoms with Crippen molar-refractivity contribution in [3.63, 3.8) is 0 Å². The monoisotopic (exact) mass is 319 g/mol. The first-order chi connectivity index (χ1) is 9.47. The van der Waals surface area contributed by atoms with E-state index in [1.807, 2.05) is 0 Å². The molecule has 1 rings (SSSR count). The number of ether oxygens (including phenoxy) is 2. The molecule has 1 unspecified atom stereocenters. The largest absolute Gasteiger partial charge is 0.467 e.